The number of carbonyl (C=O) groups is 1. The summed E-state index contributed by atoms with van der Waals surface area (Å²) in [6.07, 6.45) is 1.82. The number of benzodiazepines with no additional fused rings is 1. The number of amides is 1. The molecule has 3 aromatic carbocycles. The Balaban J connectivity index is 1.34. The molecule has 0 bridgehead atoms. The molecule has 0 saturated heterocycles. The number of aliphatic imine (C=N–C) groups is 1. The van der Waals surface area contributed by atoms with Crippen LogP contribution in [0.3, 0.4) is 0 Å². The van der Waals surface area contributed by atoms with Crippen molar-refractivity contribution in [2.75, 3.05) is 25.6 Å². The molecular formula is C28H26ClN5O2S. The monoisotopic (exact) mass is 531 g/mol. The van der Waals surface area contributed by atoms with Gasteiger partial charge in [0.1, 0.15) is 5.75 Å². The van der Waals surface area contributed by atoms with Crippen LogP contribution in [0.4, 0.5) is 5.69 Å². The highest BCUT2D eigenvalue weighted by Crippen LogP contribution is 2.30. The highest BCUT2D eigenvalue weighted by Gasteiger charge is 2.30. The Morgan fingerprint density at radius 1 is 1.16 bits per heavy atom. The number of hydrogen-bond donors (Lipinski definition) is 3. The van der Waals surface area contributed by atoms with E-state index in [9.17, 15) is 4.79 Å². The first-order chi connectivity index (χ1) is 17.9. The van der Waals surface area contributed by atoms with Crippen molar-refractivity contribution in [1.29, 1.82) is 0 Å². The van der Waals surface area contributed by atoms with E-state index in [0.29, 0.717) is 22.4 Å². The van der Waals surface area contributed by atoms with Gasteiger partial charge < -0.3 is 25.3 Å². The van der Waals surface area contributed by atoms with Crippen molar-refractivity contribution in [3.8, 4) is 5.75 Å². The quantitative estimate of drug-likeness (QED) is 0.315. The van der Waals surface area contributed by atoms with Gasteiger partial charge in [-0.2, -0.15) is 0 Å². The molecule has 0 aliphatic carbocycles. The number of anilines is 1. The zero-order valence-electron chi connectivity index (χ0n) is 20.4. The fourth-order valence-corrected chi connectivity index (χ4v) is 4.83. The minimum atomic E-state index is -0.899. The van der Waals surface area contributed by atoms with Crippen LogP contribution in [0.1, 0.15) is 16.7 Å². The second-order valence-electron chi connectivity index (χ2n) is 8.68. The van der Waals surface area contributed by atoms with Crippen molar-refractivity contribution < 1.29 is 9.53 Å². The van der Waals surface area contributed by atoms with Gasteiger partial charge in [0.25, 0.3) is 5.91 Å². The molecule has 4 aromatic rings. The molecule has 0 spiro atoms. The first-order valence-corrected chi connectivity index (χ1v) is 12.6. The number of fused-ring (bicyclic) bond motifs is 2. The SMILES string of the molecule is COc1ccc2[nH]cc(CCNC(=S)NC3N=C(c4ccccc4)c4cc(Cl)ccc4N(C)C3=O)c2c1. The Morgan fingerprint density at radius 3 is 2.76 bits per heavy atom. The van der Waals surface area contributed by atoms with E-state index < -0.39 is 6.17 Å². The molecule has 0 radical (unpaired) electrons. The molecular weight excluding hydrogens is 506 g/mol. The average molecular weight is 532 g/mol. The van der Waals surface area contributed by atoms with Crippen LogP contribution in [0.15, 0.2) is 77.9 Å². The Labute approximate surface area is 225 Å². The Kier molecular flexibility index (Phi) is 7.12. The van der Waals surface area contributed by atoms with Gasteiger partial charge in [-0.05, 0) is 60.6 Å². The van der Waals surface area contributed by atoms with Gasteiger partial charge in [-0.3, -0.25) is 4.79 Å². The van der Waals surface area contributed by atoms with Crippen molar-refractivity contribution in [1.82, 2.24) is 15.6 Å². The number of rotatable bonds is 6. The molecule has 0 fully saturated rings. The highest BCUT2D eigenvalue weighted by atomic mass is 35.5. The van der Waals surface area contributed by atoms with Gasteiger partial charge in [0, 0.05) is 46.8 Å². The number of methoxy groups -OCH3 is 1. The zero-order valence-corrected chi connectivity index (χ0v) is 22.0. The number of likely N-dealkylation sites (N-methyl/N-ethyl adjacent to an activating group) is 1. The molecule has 1 aliphatic rings. The molecule has 1 atom stereocenters. The molecule has 1 aromatic heterocycles. The summed E-state index contributed by atoms with van der Waals surface area (Å²) < 4.78 is 5.36. The molecule has 37 heavy (non-hydrogen) atoms. The van der Waals surface area contributed by atoms with Gasteiger partial charge in [-0.15, -0.1) is 0 Å². The first kappa shape index (κ1) is 24.8. The van der Waals surface area contributed by atoms with Crippen molar-refractivity contribution in [2.45, 2.75) is 12.6 Å². The number of H-pyrrole nitrogens is 1. The minimum Gasteiger partial charge on any atom is -0.497 e. The number of nitrogens with one attached hydrogen (secondary N) is 3. The van der Waals surface area contributed by atoms with Gasteiger partial charge in [0.15, 0.2) is 5.11 Å². The Hall–Kier alpha value is -3.88. The Morgan fingerprint density at radius 2 is 1.97 bits per heavy atom. The summed E-state index contributed by atoms with van der Waals surface area (Å²) in [4.78, 5) is 23.1. The van der Waals surface area contributed by atoms with E-state index in [1.165, 1.54) is 0 Å². The lowest BCUT2D eigenvalue weighted by molar-refractivity contribution is -0.119. The molecule has 9 heteroatoms. The van der Waals surface area contributed by atoms with E-state index in [-0.39, 0.29) is 5.91 Å². The topological polar surface area (TPSA) is 81.8 Å². The van der Waals surface area contributed by atoms with Crippen molar-refractivity contribution in [3.63, 3.8) is 0 Å². The summed E-state index contributed by atoms with van der Waals surface area (Å²) in [6, 6.07) is 21.1. The fraction of sp³-hybridized carbons (Fsp3) is 0.179. The third kappa shape index (κ3) is 5.16. The fourth-order valence-electron chi connectivity index (χ4n) is 4.44. The molecule has 7 nitrogen and oxygen atoms in total. The van der Waals surface area contributed by atoms with Crippen LogP contribution in [0.2, 0.25) is 5.02 Å². The number of thiocarbonyl (C=S) groups is 1. The third-order valence-corrected chi connectivity index (χ3v) is 6.86. The molecule has 1 aliphatic heterocycles. The van der Waals surface area contributed by atoms with E-state index in [4.69, 9.17) is 33.5 Å². The van der Waals surface area contributed by atoms with Crippen molar-refractivity contribution in [3.05, 3.63) is 94.6 Å². The number of hydrogen-bond acceptors (Lipinski definition) is 4. The molecule has 3 N–H and O–H groups in total. The van der Waals surface area contributed by atoms with E-state index in [1.807, 2.05) is 66.9 Å². The number of aromatic nitrogens is 1. The maximum Gasteiger partial charge on any atom is 0.272 e. The molecule has 1 unspecified atom stereocenters. The van der Waals surface area contributed by atoms with Crippen LogP contribution < -0.4 is 20.3 Å². The molecule has 0 saturated carbocycles. The standard InChI is InChI=1S/C28H26ClN5O2S/c1-34-24-11-8-19(29)14-22(24)25(17-6-4-3-5-7-17)32-26(27(34)35)33-28(37)30-13-12-18-16-31-23-10-9-20(36-2)15-21(18)23/h3-11,14-16,26,31H,12-13H2,1-2H3,(H2,30,33,37). The number of carbonyl (C=O) groups excluding carboxylic acids is 1. The largest absolute Gasteiger partial charge is 0.497 e. The van der Waals surface area contributed by atoms with E-state index >= 15 is 0 Å². The van der Waals surface area contributed by atoms with Crippen LogP contribution in [-0.2, 0) is 11.2 Å². The van der Waals surface area contributed by atoms with E-state index in [0.717, 1.165) is 45.5 Å². The molecule has 188 valence electrons. The smallest absolute Gasteiger partial charge is 0.272 e. The Bertz CT molecular complexity index is 1500. The van der Waals surface area contributed by atoms with Gasteiger partial charge >= 0.3 is 0 Å². The summed E-state index contributed by atoms with van der Waals surface area (Å²) in [5.74, 6) is 0.589. The van der Waals surface area contributed by atoms with Crippen molar-refractivity contribution >= 4 is 57.1 Å². The maximum absolute atomic E-state index is 13.4. The summed E-state index contributed by atoms with van der Waals surface area (Å²) >= 11 is 11.9. The first-order valence-electron chi connectivity index (χ1n) is 11.8. The highest BCUT2D eigenvalue weighted by molar-refractivity contribution is 7.80. The summed E-state index contributed by atoms with van der Waals surface area (Å²) in [7, 11) is 3.39. The molecule has 1 amide bonds. The summed E-state index contributed by atoms with van der Waals surface area (Å²) in [5, 5.41) is 8.35. The number of halogens is 1. The second kappa shape index (κ2) is 10.6. The lowest BCUT2D eigenvalue weighted by Gasteiger charge is -2.22. The van der Waals surface area contributed by atoms with E-state index in [1.54, 1.807) is 25.1 Å². The summed E-state index contributed by atoms with van der Waals surface area (Å²) in [5.41, 5.74) is 5.26. The van der Waals surface area contributed by atoms with Crippen LogP contribution in [-0.4, -0.2) is 48.6 Å². The number of benzene rings is 3. The number of nitrogens with zero attached hydrogens (tertiary/aromatic N) is 2. The lowest BCUT2D eigenvalue weighted by atomic mass is 10.0. The zero-order chi connectivity index (χ0) is 25.9. The predicted molar refractivity (Wildman–Crippen MR) is 153 cm³/mol. The second-order valence-corrected chi connectivity index (χ2v) is 9.53. The number of ether oxygens (including phenoxy) is 1. The van der Waals surface area contributed by atoms with Gasteiger partial charge in [-0.25, -0.2) is 4.99 Å². The maximum atomic E-state index is 13.4. The van der Waals surface area contributed by atoms with Crippen LogP contribution >= 0.6 is 23.8 Å². The third-order valence-electron chi connectivity index (χ3n) is 6.37. The summed E-state index contributed by atoms with van der Waals surface area (Å²) in [6.45, 7) is 0.581. The van der Waals surface area contributed by atoms with Gasteiger partial charge in [0.2, 0.25) is 6.17 Å². The molecule has 2 heterocycles. The number of aromatic amines is 1. The van der Waals surface area contributed by atoms with Gasteiger partial charge in [-0.1, -0.05) is 41.9 Å². The normalized spacial score (nSPS) is 15.1. The predicted octanol–water partition coefficient (Wildman–Crippen LogP) is 4.68. The van der Waals surface area contributed by atoms with E-state index in [2.05, 4.69) is 15.6 Å². The average Bonchev–Trinajstić information content (AvgIpc) is 3.28. The van der Waals surface area contributed by atoms with Gasteiger partial charge in [0.05, 0.1) is 18.5 Å². The van der Waals surface area contributed by atoms with Crippen LogP contribution in [0.25, 0.3) is 10.9 Å². The van der Waals surface area contributed by atoms with Crippen LogP contribution in [0.5, 0.6) is 5.75 Å². The lowest BCUT2D eigenvalue weighted by Crippen LogP contribution is -2.49. The van der Waals surface area contributed by atoms with Crippen molar-refractivity contribution in [2.24, 2.45) is 4.99 Å². The minimum absolute atomic E-state index is 0.220. The van der Waals surface area contributed by atoms with Crippen LogP contribution in [0, 0.1) is 0 Å². The molecule has 5 rings (SSSR count).